The molecule has 1 unspecified atom stereocenters. The van der Waals surface area contributed by atoms with Crippen LogP contribution in [0.15, 0.2) is 10.6 Å². The monoisotopic (exact) mass is 325 g/mol. The second-order valence-corrected chi connectivity index (χ2v) is 5.41. The molecule has 0 saturated carbocycles. The molecule has 0 aliphatic carbocycles. The van der Waals surface area contributed by atoms with Gasteiger partial charge in [0, 0.05) is 20.1 Å². The predicted molar refractivity (Wildman–Crippen MR) is 77.0 cm³/mol. The van der Waals surface area contributed by atoms with E-state index in [-0.39, 0.29) is 30.6 Å². The Morgan fingerprint density at radius 1 is 1.52 bits per heavy atom. The van der Waals surface area contributed by atoms with Gasteiger partial charge in [-0.25, -0.2) is 0 Å². The number of rotatable bonds is 5. The third kappa shape index (κ3) is 3.99. The first kappa shape index (κ1) is 16.8. The van der Waals surface area contributed by atoms with Crippen LogP contribution in [-0.2, 0) is 9.59 Å². The molecule has 126 valence electrons. The minimum absolute atomic E-state index is 0.0285. The van der Waals surface area contributed by atoms with Gasteiger partial charge >= 0.3 is 5.97 Å². The van der Waals surface area contributed by atoms with E-state index in [1.54, 1.807) is 0 Å². The lowest BCUT2D eigenvalue weighted by atomic mass is 9.98. The molecule has 1 N–H and O–H groups in total. The molecule has 2 rings (SSSR count). The van der Waals surface area contributed by atoms with Gasteiger partial charge < -0.3 is 24.2 Å². The molecule has 23 heavy (non-hydrogen) atoms. The van der Waals surface area contributed by atoms with Crippen LogP contribution in [-0.4, -0.2) is 71.6 Å². The quantitative estimate of drug-likeness (QED) is 0.815. The van der Waals surface area contributed by atoms with E-state index in [0.29, 0.717) is 19.4 Å². The van der Waals surface area contributed by atoms with E-state index < -0.39 is 17.8 Å². The molecule has 1 atom stereocenters. The number of likely N-dealkylation sites (N-methyl/N-ethyl adjacent to an activating group) is 1. The number of hydrogen-bond acceptors (Lipinski definition) is 6. The minimum atomic E-state index is -0.902. The second-order valence-electron chi connectivity index (χ2n) is 5.41. The van der Waals surface area contributed by atoms with E-state index in [1.165, 1.54) is 30.0 Å². The number of carbonyl (C=O) groups is 3. The summed E-state index contributed by atoms with van der Waals surface area (Å²) in [4.78, 5) is 38.1. The maximum atomic E-state index is 12.2. The number of carboxylic acid groups (broad SMARTS) is 1. The van der Waals surface area contributed by atoms with E-state index in [4.69, 9.17) is 14.4 Å². The zero-order chi connectivity index (χ0) is 17.0. The molecular weight excluding hydrogens is 306 g/mol. The summed E-state index contributed by atoms with van der Waals surface area (Å²) in [6.45, 7) is 0.515. The van der Waals surface area contributed by atoms with Gasteiger partial charge in [-0.3, -0.25) is 14.4 Å². The topological polar surface area (TPSA) is 113 Å². The van der Waals surface area contributed by atoms with Crippen LogP contribution in [0.2, 0.25) is 0 Å². The van der Waals surface area contributed by atoms with Crippen molar-refractivity contribution in [3.8, 4) is 5.88 Å². The number of aromatic nitrogens is 1. The van der Waals surface area contributed by atoms with Crippen LogP contribution in [0.25, 0.3) is 0 Å². The van der Waals surface area contributed by atoms with Crippen LogP contribution in [0.4, 0.5) is 0 Å². The number of amides is 2. The molecule has 1 aromatic heterocycles. The average Bonchev–Trinajstić information content (AvgIpc) is 3.03. The summed E-state index contributed by atoms with van der Waals surface area (Å²) >= 11 is 0. The fourth-order valence-corrected chi connectivity index (χ4v) is 2.42. The number of nitrogens with zero attached hydrogens (tertiary/aromatic N) is 3. The molecule has 0 radical (unpaired) electrons. The number of piperidine rings is 1. The number of ether oxygens (including phenoxy) is 1. The number of likely N-dealkylation sites (tertiary alicyclic amines) is 1. The van der Waals surface area contributed by atoms with Gasteiger partial charge in [0.1, 0.15) is 0 Å². The summed E-state index contributed by atoms with van der Waals surface area (Å²) in [5.74, 6) is -2.10. The molecule has 1 fully saturated rings. The van der Waals surface area contributed by atoms with Crippen molar-refractivity contribution in [3.05, 3.63) is 11.8 Å². The Morgan fingerprint density at radius 2 is 2.26 bits per heavy atom. The predicted octanol–water partition coefficient (Wildman–Crippen LogP) is 0.0784. The van der Waals surface area contributed by atoms with Crippen LogP contribution >= 0.6 is 0 Å². The first-order chi connectivity index (χ1) is 10.9. The fraction of sp³-hybridized carbons (Fsp3) is 0.571. The molecule has 9 nitrogen and oxygen atoms in total. The maximum absolute atomic E-state index is 12.2. The Labute approximate surface area is 132 Å². The first-order valence-electron chi connectivity index (χ1n) is 7.19. The van der Waals surface area contributed by atoms with E-state index in [0.717, 1.165) is 0 Å². The van der Waals surface area contributed by atoms with Crippen molar-refractivity contribution in [1.29, 1.82) is 0 Å². The van der Waals surface area contributed by atoms with Crippen LogP contribution in [0.3, 0.4) is 0 Å². The number of carboxylic acids is 1. The van der Waals surface area contributed by atoms with Gasteiger partial charge in [-0.1, -0.05) is 0 Å². The van der Waals surface area contributed by atoms with Gasteiger partial charge in [0.05, 0.1) is 25.6 Å². The van der Waals surface area contributed by atoms with Crippen molar-refractivity contribution in [2.24, 2.45) is 5.92 Å². The largest absolute Gasteiger partial charge is 0.481 e. The lowest BCUT2D eigenvalue weighted by molar-refractivity contribution is -0.145. The Morgan fingerprint density at radius 3 is 2.87 bits per heavy atom. The summed E-state index contributed by atoms with van der Waals surface area (Å²) in [7, 11) is 2.86. The second kappa shape index (κ2) is 7.12. The molecule has 1 aliphatic heterocycles. The lowest BCUT2D eigenvalue weighted by Gasteiger charge is -2.31. The highest BCUT2D eigenvalue weighted by atomic mass is 16.5. The lowest BCUT2D eigenvalue weighted by Crippen LogP contribution is -2.46. The number of aliphatic carboxylic acids is 1. The van der Waals surface area contributed by atoms with Crippen molar-refractivity contribution in [3.63, 3.8) is 0 Å². The summed E-state index contributed by atoms with van der Waals surface area (Å²) < 4.78 is 9.67. The van der Waals surface area contributed by atoms with E-state index in [9.17, 15) is 14.4 Å². The SMILES string of the molecule is COc1cc(C(=O)N(C)CC(=O)N2CCCC(C(=O)O)C2)on1. The Bertz CT molecular complexity index is 599. The molecule has 0 bridgehead atoms. The average molecular weight is 325 g/mol. The Kier molecular flexibility index (Phi) is 5.20. The summed E-state index contributed by atoms with van der Waals surface area (Å²) in [6.07, 6.45) is 1.20. The van der Waals surface area contributed by atoms with Crippen LogP contribution in [0, 0.1) is 5.92 Å². The molecular formula is C14H19N3O6. The first-order valence-corrected chi connectivity index (χ1v) is 7.19. The molecule has 1 aliphatic rings. The Balaban J connectivity index is 1.93. The standard InChI is InChI=1S/C14H19N3O6/c1-16(13(19)10-6-11(22-2)15-23-10)8-12(18)17-5-3-4-9(7-17)14(20)21/h6,9H,3-5,7-8H2,1-2H3,(H,20,21). The smallest absolute Gasteiger partial charge is 0.308 e. The van der Waals surface area contributed by atoms with Gasteiger partial charge in [-0.2, -0.15) is 0 Å². The molecule has 1 aromatic rings. The molecule has 0 spiro atoms. The Hall–Kier alpha value is -2.58. The molecule has 9 heteroatoms. The van der Waals surface area contributed by atoms with Crippen LogP contribution < -0.4 is 4.74 Å². The summed E-state index contributed by atoms with van der Waals surface area (Å²) in [5, 5.41) is 12.6. The summed E-state index contributed by atoms with van der Waals surface area (Å²) in [5.41, 5.74) is 0. The van der Waals surface area contributed by atoms with E-state index in [1.807, 2.05) is 0 Å². The molecule has 1 saturated heterocycles. The van der Waals surface area contributed by atoms with Gasteiger partial charge in [0.15, 0.2) is 0 Å². The zero-order valence-corrected chi connectivity index (χ0v) is 13.0. The minimum Gasteiger partial charge on any atom is -0.481 e. The van der Waals surface area contributed by atoms with Gasteiger partial charge in [0.25, 0.3) is 11.8 Å². The highest BCUT2D eigenvalue weighted by molar-refractivity contribution is 5.94. The van der Waals surface area contributed by atoms with Crippen molar-refractivity contribution in [2.45, 2.75) is 12.8 Å². The summed E-state index contributed by atoms with van der Waals surface area (Å²) in [6, 6.07) is 1.34. The van der Waals surface area contributed by atoms with Gasteiger partial charge in [-0.05, 0) is 18.0 Å². The van der Waals surface area contributed by atoms with Crippen molar-refractivity contribution in [1.82, 2.24) is 15.0 Å². The third-order valence-electron chi connectivity index (χ3n) is 3.75. The molecule has 2 heterocycles. The van der Waals surface area contributed by atoms with Crippen molar-refractivity contribution < 1.29 is 28.8 Å². The zero-order valence-electron chi connectivity index (χ0n) is 13.0. The number of hydrogen-bond donors (Lipinski definition) is 1. The normalized spacial score (nSPS) is 17.7. The fourth-order valence-electron chi connectivity index (χ4n) is 2.42. The van der Waals surface area contributed by atoms with E-state index >= 15 is 0 Å². The van der Waals surface area contributed by atoms with Gasteiger partial charge in [0.2, 0.25) is 11.7 Å². The number of carbonyl (C=O) groups excluding carboxylic acids is 2. The van der Waals surface area contributed by atoms with Gasteiger partial charge in [-0.15, -0.1) is 0 Å². The van der Waals surface area contributed by atoms with Crippen molar-refractivity contribution >= 4 is 17.8 Å². The molecule has 0 aromatic carbocycles. The van der Waals surface area contributed by atoms with Crippen LogP contribution in [0.1, 0.15) is 23.4 Å². The highest BCUT2D eigenvalue weighted by Gasteiger charge is 2.29. The third-order valence-corrected chi connectivity index (χ3v) is 3.75. The van der Waals surface area contributed by atoms with E-state index in [2.05, 4.69) is 5.16 Å². The molecule has 2 amide bonds. The van der Waals surface area contributed by atoms with Crippen molar-refractivity contribution in [2.75, 3.05) is 33.8 Å². The van der Waals surface area contributed by atoms with Crippen LogP contribution in [0.5, 0.6) is 5.88 Å². The number of methoxy groups -OCH3 is 1. The highest BCUT2D eigenvalue weighted by Crippen LogP contribution is 2.17. The maximum Gasteiger partial charge on any atom is 0.308 e.